The van der Waals surface area contributed by atoms with Gasteiger partial charge in [-0.2, -0.15) is 0 Å². The highest BCUT2D eigenvalue weighted by Gasteiger charge is 2.48. The average molecular weight is 537 g/mol. The molecule has 1 saturated carbocycles. The zero-order valence-corrected chi connectivity index (χ0v) is 22.5. The number of anilines is 1. The first-order chi connectivity index (χ1) is 18.3. The van der Waals surface area contributed by atoms with Crippen molar-refractivity contribution in [1.29, 1.82) is 0 Å². The molecule has 2 aromatic heterocycles. The molecule has 0 amide bonds. The van der Waals surface area contributed by atoms with Crippen molar-refractivity contribution in [3.8, 4) is 5.75 Å². The van der Waals surface area contributed by atoms with Crippen LogP contribution >= 0.6 is 7.52 Å². The van der Waals surface area contributed by atoms with Gasteiger partial charge in [-0.1, -0.05) is 42.5 Å². The highest BCUT2D eigenvalue weighted by atomic mass is 31.2. The van der Waals surface area contributed by atoms with E-state index in [-0.39, 0.29) is 12.5 Å². The number of aromatic nitrogens is 4. The summed E-state index contributed by atoms with van der Waals surface area (Å²) < 4.78 is 34.1. The third kappa shape index (κ3) is 6.39. The number of hydrogen-bond acceptors (Lipinski definition) is 8. The van der Waals surface area contributed by atoms with Crippen LogP contribution in [0.1, 0.15) is 30.9 Å². The van der Waals surface area contributed by atoms with Crippen LogP contribution in [0.15, 0.2) is 67.3 Å². The minimum absolute atomic E-state index is 0.105. The summed E-state index contributed by atoms with van der Waals surface area (Å²) in [7, 11) is -3.44. The first kappa shape index (κ1) is 26.3. The lowest BCUT2D eigenvalue weighted by Crippen LogP contribution is -2.36. The number of nitrogens with zero attached hydrogens (tertiary/aromatic N) is 4. The molecule has 10 nitrogen and oxygen atoms in total. The molecule has 2 aromatic carbocycles. The lowest BCUT2D eigenvalue weighted by atomic mass is 10.1. The molecule has 2 atom stereocenters. The molecule has 0 bridgehead atoms. The van der Waals surface area contributed by atoms with Crippen molar-refractivity contribution in [2.45, 2.75) is 51.5 Å². The molecule has 0 aliphatic heterocycles. The predicted molar refractivity (Wildman–Crippen MR) is 146 cm³/mol. The molecule has 1 aliphatic carbocycles. The summed E-state index contributed by atoms with van der Waals surface area (Å²) in [6.07, 6.45) is 4.35. The molecular weight excluding hydrogens is 503 g/mol. The fourth-order valence-electron chi connectivity index (χ4n) is 4.25. The zero-order chi connectivity index (χ0) is 26.6. The summed E-state index contributed by atoms with van der Waals surface area (Å²) in [5.74, 6) is 0.843. The minimum Gasteiger partial charge on any atom is -0.431 e. The smallest absolute Gasteiger partial charge is 0.342 e. The van der Waals surface area contributed by atoms with E-state index in [9.17, 15) is 4.57 Å². The summed E-state index contributed by atoms with van der Waals surface area (Å²) in [6.45, 7) is 5.35. The maximum Gasteiger partial charge on any atom is 0.342 e. The number of fused-ring (bicyclic) bond motifs is 1. The summed E-state index contributed by atoms with van der Waals surface area (Å²) >= 11 is 0. The lowest BCUT2D eigenvalue weighted by Gasteiger charge is -2.27. The molecule has 11 heteroatoms. The maximum absolute atomic E-state index is 14.1. The lowest BCUT2D eigenvalue weighted by molar-refractivity contribution is 0.0781. The Labute approximate surface area is 222 Å². The molecular formula is C27H33N6O4P. The Bertz CT molecular complexity index is 1430. The molecule has 0 radical (unpaired) electrons. The van der Waals surface area contributed by atoms with Gasteiger partial charge in [0.2, 0.25) is 0 Å². The van der Waals surface area contributed by atoms with Crippen LogP contribution in [0.5, 0.6) is 5.75 Å². The molecule has 1 unspecified atom stereocenters. The van der Waals surface area contributed by atoms with Gasteiger partial charge in [0.25, 0.3) is 0 Å². The van der Waals surface area contributed by atoms with Crippen LogP contribution in [0, 0.1) is 6.92 Å². The second kappa shape index (κ2) is 11.2. The summed E-state index contributed by atoms with van der Waals surface area (Å²) in [5.41, 5.74) is 8.98. The van der Waals surface area contributed by atoms with Crippen LogP contribution in [0.3, 0.4) is 0 Å². The van der Waals surface area contributed by atoms with Gasteiger partial charge in [-0.3, -0.25) is 4.57 Å². The Morgan fingerprint density at radius 3 is 2.63 bits per heavy atom. The molecule has 1 aliphatic rings. The van der Waals surface area contributed by atoms with E-state index in [2.05, 4.69) is 39.1 Å². The van der Waals surface area contributed by atoms with Crippen molar-refractivity contribution < 1.29 is 18.6 Å². The van der Waals surface area contributed by atoms with E-state index in [0.717, 1.165) is 18.4 Å². The monoisotopic (exact) mass is 536 g/mol. The number of hydrogen-bond donors (Lipinski definition) is 2. The number of aryl methyl sites for hydroxylation is 1. The van der Waals surface area contributed by atoms with Crippen molar-refractivity contribution in [1.82, 2.24) is 24.6 Å². The van der Waals surface area contributed by atoms with Crippen molar-refractivity contribution >= 4 is 24.5 Å². The Morgan fingerprint density at radius 1 is 1.11 bits per heavy atom. The number of nitrogen functional groups attached to an aromatic ring is 1. The average Bonchev–Trinajstić information content (AvgIpc) is 3.53. The van der Waals surface area contributed by atoms with Crippen LogP contribution in [-0.4, -0.2) is 44.1 Å². The van der Waals surface area contributed by atoms with Gasteiger partial charge in [-0.05, 0) is 49.9 Å². The van der Waals surface area contributed by atoms with Gasteiger partial charge in [0.05, 0.1) is 37.7 Å². The third-order valence-electron chi connectivity index (χ3n) is 6.57. The second-order valence-electron chi connectivity index (χ2n) is 9.82. The molecule has 0 saturated heterocycles. The highest BCUT2D eigenvalue weighted by molar-refractivity contribution is 7.57. The molecule has 1 fully saturated rings. The van der Waals surface area contributed by atoms with Crippen molar-refractivity contribution in [3.63, 3.8) is 0 Å². The number of nitrogens with two attached hydrogens (primary N) is 1. The Balaban J connectivity index is 1.24. The fourth-order valence-corrected chi connectivity index (χ4v) is 6.34. The topological polar surface area (TPSA) is 126 Å². The van der Waals surface area contributed by atoms with Crippen LogP contribution in [0.25, 0.3) is 11.2 Å². The minimum atomic E-state index is -3.44. The molecule has 38 heavy (non-hydrogen) atoms. The fraction of sp³-hybridized carbons (Fsp3) is 0.370. The van der Waals surface area contributed by atoms with Crippen molar-refractivity contribution in [3.05, 3.63) is 78.4 Å². The standard InChI is InChI=1S/C27H33N6O4P/c1-20-8-6-7-9-22(20)15-35-16-27(12-13-27)32-38(34,37-23-10-4-3-5-11-23)19-36-21(2)14-33-18-31-24-25(28)29-17-30-26(24)33/h3-11,17-18,21H,12-16,19H2,1-2H3,(H,32,34)(H2,28,29,30)/t21-,38?/m1/s1. The van der Waals surface area contributed by atoms with Crippen molar-refractivity contribution in [2.75, 3.05) is 18.7 Å². The molecule has 0 spiro atoms. The highest BCUT2D eigenvalue weighted by Crippen LogP contribution is 2.51. The van der Waals surface area contributed by atoms with Gasteiger partial charge in [-0.15, -0.1) is 0 Å². The number of nitrogens with one attached hydrogen (secondary N) is 1. The molecule has 4 aromatic rings. The quantitative estimate of drug-likeness (QED) is 0.234. The van der Waals surface area contributed by atoms with Gasteiger partial charge in [0, 0.05) is 0 Å². The Morgan fingerprint density at radius 2 is 1.87 bits per heavy atom. The van der Waals surface area contributed by atoms with Crippen LogP contribution in [0.4, 0.5) is 5.82 Å². The predicted octanol–water partition coefficient (Wildman–Crippen LogP) is 4.69. The molecule has 2 heterocycles. The maximum atomic E-state index is 14.1. The molecule has 5 rings (SSSR count). The van der Waals surface area contributed by atoms with Crippen molar-refractivity contribution in [2.24, 2.45) is 0 Å². The van der Waals surface area contributed by atoms with E-state index in [4.69, 9.17) is 19.7 Å². The number of ether oxygens (including phenoxy) is 2. The summed E-state index contributed by atoms with van der Waals surface area (Å²) in [4.78, 5) is 12.6. The van der Waals surface area contributed by atoms with Gasteiger partial charge >= 0.3 is 7.52 Å². The van der Waals surface area contributed by atoms with E-state index >= 15 is 0 Å². The number of rotatable bonds is 13. The second-order valence-corrected chi connectivity index (χ2v) is 11.8. The van der Waals surface area contributed by atoms with Crippen LogP contribution in [0.2, 0.25) is 0 Å². The number of para-hydroxylation sites is 1. The molecule has 3 N–H and O–H groups in total. The number of imidazole rings is 1. The van der Waals surface area contributed by atoms with E-state index in [1.54, 1.807) is 18.5 Å². The Kier molecular flexibility index (Phi) is 7.76. The molecule has 200 valence electrons. The Hall–Kier alpha value is -3.30. The number of benzene rings is 2. The van der Waals surface area contributed by atoms with Gasteiger partial charge < -0.3 is 24.3 Å². The normalized spacial score (nSPS) is 16.7. The van der Waals surface area contributed by atoms with Gasteiger partial charge in [0.1, 0.15) is 23.9 Å². The largest absolute Gasteiger partial charge is 0.431 e. The van der Waals surface area contributed by atoms with E-state index in [1.165, 1.54) is 11.9 Å². The third-order valence-corrected chi connectivity index (χ3v) is 8.38. The first-order valence-electron chi connectivity index (χ1n) is 12.6. The zero-order valence-electron chi connectivity index (χ0n) is 21.6. The van der Waals surface area contributed by atoms with E-state index < -0.39 is 13.1 Å². The van der Waals surface area contributed by atoms with E-state index in [1.807, 2.05) is 41.8 Å². The summed E-state index contributed by atoms with van der Waals surface area (Å²) in [5, 5.41) is 3.31. The van der Waals surface area contributed by atoms with Crippen LogP contribution < -0.4 is 15.3 Å². The summed E-state index contributed by atoms with van der Waals surface area (Å²) in [6, 6.07) is 17.3. The van der Waals surface area contributed by atoms with Gasteiger partial charge in [0.15, 0.2) is 11.5 Å². The van der Waals surface area contributed by atoms with Gasteiger partial charge in [-0.25, -0.2) is 20.0 Å². The SMILES string of the molecule is Cc1ccccc1COCC1(NP(=O)(CO[C@H](C)Cn2cnc3c(N)ncnc32)Oc2ccccc2)CC1. The van der Waals surface area contributed by atoms with E-state index in [0.29, 0.717) is 42.5 Å². The first-order valence-corrected chi connectivity index (χ1v) is 14.4. The van der Waals surface area contributed by atoms with Crippen LogP contribution in [-0.2, 0) is 27.2 Å².